The normalized spacial score (nSPS) is 32.0. The standard InChI is InChI=1S/C7H11NO2/c1-5-2-3-7(9)10-6(5)4-8/h2-3,5-6H,4,8H2,1H3/t5-,6?/m1/s1. The number of rotatable bonds is 1. The summed E-state index contributed by atoms with van der Waals surface area (Å²) in [7, 11) is 0. The zero-order chi connectivity index (χ0) is 7.56. The van der Waals surface area contributed by atoms with Gasteiger partial charge in [0, 0.05) is 18.5 Å². The minimum Gasteiger partial charge on any atom is -0.457 e. The van der Waals surface area contributed by atoms with Gasteiger partial charge in [0.2, 0.25) is 0 Å². The molecule has 1 aliphatic rings. The van der Waals surface area contributed by atoms with E-state index in [4.69, 9.17) is 10.5 Å². The summed E-state index contributed by atoms with van der Waals surface area (Å²) in [5, 5.41) is 0. The van der Waals surface area contributed by atoms with Crippen molar-refractivity contribution >= 4 is 5.97 Å². The highest BCUT2D eigenvalue weighted by molar-refractivity contribution is 5.82. The molecule has 0 amide bonds. The van der Waals surface area contributed by atoms with Crippen molar-refractivity contribution in [3.05, 3.63) is 12.2 Å². The van der Waals surface area contributed by atoms with E-state index in [1.807, 2.05) is 13.0 Å². The molecule has 0 aromatic carbocycles. The summed E-state index contributed by atoms with van der Waals surface area (Å²) in [5.41, 5.74) is 5.34. The smallest absolute Gasteiger partial charge is 0.330 e. The van der Waals surface area contributed by atoms with Gasteiger partial charge >= 0.3 is 5.97 Å². The molecule has 1 unspecified atom stereocenters. The Bertz CT molecular complexity index is 165. The molecule has 0 aromatic rings. The van der Waals surface area contributed by atoms with Crippen molar-refractivity contribution in [2.75, 3.05) is 6.54 Å². The number of hydrogen-bond acceptors (Lipinski definition) is 3. The van der Waals surface area contributed by atoms with Crippen molar-refractivity contribution in [2.24, 2.45) is 11.7 Å². The molecule has 0 saturated carbocycles. The molecule has 56 valence electrons. The van der Waals surface area contributed by atoms with Crippen LogP contribution in [-0.4, -0.2) is 18.6 Å². The number of hydrogen-bond donors (Lipinski definition) is 1. The second-order valence-electron chi connectivity index (χ2n) is 2.43. The first-order valence-corrected chi connectivity index (χ1v) is 3.33. The number of carbonyl (C=O) groups is 1. The topological polar surface area (TPSA) is 52.3 Å². The third-order valence-electron chi connectivity index (χ3n) is 1.62. The Morgan fingerprint density at radius 2 is 2.50 bits per heavy atom. The van der Waals surface area contributed by atoms with Gasteiger partial charge in [-0.05, 0) is 0 Å². The molecule has 1 aliphatic heterocycles. The molecule has 1 heterocycles. The fraction of sp³-hybridized carbons (Fsp3) is 0.571. The highest BCUT2D eigenvalue weighted by Crippen LogP contribution is 2.13. The molecule has 0 bridgehead atoms. The summed E-state index contributed by atoms with van der Waals surface area (Å²) >= 11 is 0. The van der Waals surface area contributed by atoms with Gasteiger partial charge in [-0.2, -0.15) is 0 Å². The van der Waals surface area contributed by atoms with Crippen molar-refractivity contribution in [1.29, 1.82) is 0 Å². The maximum Gasteiger partial charge on any atom is 0.330 e. The van der Waals surface area contributed by atoms with E-state index in [0.29, 0.717) is 6.54 Å². The van der Waals surface area contributed by atoms with Crippen LogP contribution in [0.4, 0.5) is 0 Å². The molecule has 2 N–H and O–H groups in total. The van der Waals surface area contributed by atoms with Gasteiger partial charge in [0.1, 0.15) is 6.10 Å². The van der Waals surface area contributed by atoms with Crippen LogP contribution in [0.25, 0.3) is 0 Å². The lowest BCUT2D eigenvalue weighted by Gasteiger charge is -2.22. The Balaban J connectivity index is 2.62. The summed E-state index contributed by atoms with van der Waals surface area (Å²) in [4.78, 5) is 10.6. The van der Waals surface area contributed by atoms with Gasteiger partial charge < -0.3 is 10.5 Å². The predicted octanol–water partition coefficient (Wildman–Crippen LogP) is 0.0628. The van der Waals surface area contributed by atoms with E-state index in [1.165, 1.54) is 6.08 Å². The number of esters is 1. The monoisotopic (exact) mass is 141 g/mol. The van der Waals surface area contributed by atoms with Crippen molar-refractivity contribution in [2.45, 2.75) is 13.0 Å². The van der Waals surface area contributed by atoms with Crippen LogP contribution in [0.1, 0.15) is 6.92 Å². The highest BCUT2D eigenvalue weighted by Gasteiger charge is 2.20. The third kappa shape index (κ3) is 1.36. The third-order valence-corrected chi connectivity index (χ3v) is 1.62. The van der Waals surface area contributed by atoms with Crippen molar-refractivity contribution in [3.8, 4) is 0 Å². The zero-order valence-corrected chi connectivity index (χ0v) is 5.91. The molecule has 0 saturated heterocycles. The van der Waals surface area contributed by atoms with Crippen LogP contribution < -0.4 is 5.73 Å². The van der Waals surface area contributed by atoms with Crippen molar-refractivity contribution < 1.29 is 9.53 Å². The first kappa shape index (κ1) is 7.28. The highest BCUT2D eigenvalue weighted by atomic mass is 16.5. The van der Waals surface area contributed by atoms with Gasteiger partial charge in [-0.3, -0.25) is 0 Å². The van der Waals surface area contributed by atoms with Gasteiger partial charge in [-0.15, -0.1) is 0 Å². The Labute approximate surface area is 59.8 Å². The summed E-state index contributed by atoms with van der Waals surface area (Å²) in [6.07, 6.45) is 3.14. The van der Waals surface area contributed by atoms with E-state index in [0.717, 1.165) is 0 Å². The van der Waals surface area contributed by atoms with Crippen LogP contribution in [0.5, 0.6) is 0 Å². The lowest BCUT2D eigenvalue weighted by Crippen LogP contribution is -2.33. The molecule has 1 rings (SSSR count). The SMILES string of the molecule is C[C@@H]1C=CC(=O)OC1CN. The van der Waals surface area contributed by atoms with E-state index >= 15 is 0 Å². The Kier molecular flexibility index (Phi) is 2.06. The van der Waals surface area contributed by atoms with E-state index in [-0.39, 0.29) is 18.0 Å². The first-order chi connectivity index (χ1) is 4.74. The van der Waals surface area contributed by atoms with E-state index in [2.05, 4.69) is 0 Å². The van der Waals surface area contributed by atoms with Crippen LogP contribution in [0.3, 0.4) is 0 Å². The van der Waals surface area contributed by atoms with E-state index < -0.39 is 0 Å². The Morgan fingerprint density at radius 3 is 3.00 bits per heavy atom. The molecular weight excluding hydrogens is 130 g/mol. The Hall–Kier alpha value is -0.830. The number of cyclic esters (lactones) is 1. The predicted molar refractivity (Wildman–Crippen MR) is 37.2 cm³/mol. The first-order valence-electron chi connectivity index (χ1n) is 3.33. The summed E-state index contributed by atoms with van der Waals surface area (Å²) in [6.45, 7) is 2.37. The molecule has 0 spiro atoms. The van der Waals surface area contributed by atoms with Crippen molar-refractivity contribution in [1.82, 2.24) is 0 Å². The van der Waals surface area contributed by atoms with Crippen LogP contribution in [-0.2, 0) is 9.53 Å². The van der Waals surface area contributed by atoms with E-state index in [1.54, 1.807) is 0 Å². The molecule has 0 fully saturated rings. The van der Waals surface area contributed by atoms with Crippen LogP contribution >= 0.6 is 0 Å². The molecule has 2 atom stereocenters. The maximum atomic E-state index is 10.6. The quantitative estimate of drug-likeness (QED) is 0.525. The Morgan fingerprint density at radius 1 is 1.80 bits per heavy atom. The van der Waals surface area contributed by atoms with E-state index in [9.17, 15) is 4.79 Å². The molecular formula is C7H11NO2. The number of nitrogens with two attached hydrogens (primary N) is 1. The molecule has 3 nitrogen and oxygen atoms in total. The van der Waals surface area contributed by atoms with Gasteiger partial charge in [-0.25, -0.2) is 4.79 Å². The second kappa shape index (κ2) is 2.84. The molecule has 0 radical (unpaired) electrons. The minimum absolute atomic E-state index is 0.127. The zero-order valence-electron chi connectivity index (χ0n) is 5.91. The summed E-state index contributed by atoms with van der Waals surface area (Å²) in [5.74, 6) is -0.0312. The lowest BCUT2D eigenvalue weighted by molar-refractivity contribution is -0.145. The van der Waals surface area contributed by atoms with Gasteiger partial charge in [0.05, 0.1) is 0 Å². The number of carbonyl (C=O) groups excluding carboxylic acids is 1. The fourth-order valence-corrected chi connectivity index (χ4v) is 0.913. The molecule has 3 heteroatoms. The minimum atomic E-state index is -0.284. The largest absolute Gasteiger partial charge is 0.457 e. The van der Waals surface area contributed by atoms with Crippen LogP contribution in [0, 0.1) is 5.92 Å². The van der Waals surface area contributed by atoms with Crippen molar-refractivity contribution in [3.63, 3.8) is 0 Å². The van der Waals surface area contributed by atoms with Crippen LogP contribution in [0.15, 0.2) is 12.2 Å². The van der Waals surface area contributed by atoms with Gasteiger partial charge in [0.25, 0.3) is 0 Å². The second-order valence-corrected chi connectivity index (χ2v) is 2.43. The van der Waals surface area contributed by atoms with Gasteiger partial charge in [-0.1, -0.05) is 13.0 Å². The fourth-order valence-electron chi connectivity index (χ4n) is 0.913. The molecule has 10 heavy (non-hydrogen) atoms. The summed E-state index contributed by atoms with van der Waals surface area (Å²) < 4.78 is 4.90. The molecule has 0 aliphatic carbocycles. The number of ether oxygens (including phenoxy) is 1. The maximum absolute atomic E-state index is 10.6. The van der Waals surface area contributed by atoms with Crippen LogP contribution in [0.2, 0.25) is 0 Å². The lowest BCUT2D eigenvalue weighted by atomic mass is 10.0. The average Bonchev–Trinajstić information content (AvgIpc) is 1.94. The average molecular weight is 141 g/mol. The molecule has 0 aromatic heterocycles. The van der Waals surface area contributed by atoms with Gasteiger partial charge in [0.15, 0.2) is 0 Å². The summed E-state index contributed by atoms with van der Waals surface area (Å²) in [6, 6.07) is 0.